The molecule has 0 bridgehead atoms. The number of anilines is 4. The van der Waals surface area contributed by atoms with Crippen LogP contribution in [0.15, 0.2) is 96.3 Å². The third-order valence-electron chi connectivity index (χ3n) is 7.64. The van der Waals surface area contributed by atoms with E-state index in [9.17, 15) is 14.4 Å². The minimum atomic E-state index is -0.444. The summed E-state index contributed by atoms with van der Waals surface area (Å²) >= 11 is 0. The normalized spacial score (nSPS) is 14.7. The fourth-order valence-electron chi connectivity index (χ4n) is 4.96. The molecule has 9 nitrogen and oxygen atoms in total. The molecule has 2 amide bonds. The topological polar surface area (TPSA) is 139 Å². The Hall–Kier alpha value is -5.57. The van der Waals surface area contributed by atoms with Gasteiger partial charge in [0, 0.05) is 40.3 Å². The highest BCUT2D eigenvalue weighted by molar-refractivity contribution is 6.45. The Kier molecular flexibility index (Phi) is 8.63. The number of amidine groups is 1. The standard InChI is InChI=1S/C36H36N6O3/c1-21-18-31(27-9-6-10-30(22(27)2)42-34(44)23-11-13-24(14-12-23)36(3,4)5)41-33(32(21)43)39-25-15-16-28(29(37)19-25)35(45)40-26-8-7-17-38-20-26/h6-21H,37H2,1-5H3,(H,39,41)(H,40,45)(H,42,44). The number of rotatable bonds is 6. The molecule has 3 aromatic carbocycles. The van der Waals surface area contributed by atoms with Gasteiger partial charge >= 0.3 is 0 Å². The van der Waals surface area contributed by atoms with Gasteiger partial charge in [0.15, 0.2) is 5.84 Å². The van der Waals surface area contributed by atoms with Crippen LogP contribution >= 0.6 is 0 Å². The van der Waals surface area contributed by atoms with E-state index in [2.05, 4.69) is 46.7 Å². The fourth-order valence-corrected chi connectivity index (χ4v) is 4.96. The smallest absolute Gasteiger partial charge is 0.257 e. The van der Waals surface area contributed by atoms with Crippen molar-refractivity contribution >= 4 is 51.9 Å². The van der Waals surface area contributed by atoms with Crippen LogP contribution in [0.2, 0.25) is 0 Å². The van der Waals surface area contributed by atoms with E-state index in [-0.39, 0.29) is 40.1 Å². The van der Waals surface area contributed by atoms with E-state index in [0.717, 1.165) is 16.7 Å². The van der Waals surface area contributed by atoms with Gasteiger partial charge in [-0.25, -0.2) is 4.99 Å². The number of hydrogen-bond acceptors (Lipinski definition) is 7. The number of allylic oxidation sites excluding steroid dienone is 1. The van der Waals surface area contributed by atoms with E-state index >= 15 is 0 Å². The number of carbonyl (C=O) groups is 3. The summed E-state index contributed by atoms with van der Waals surface area (Å²) < 4.78 is 0. The van der Waals surface area contributed by atoms with Crippen LogP contribution in [0, 0.1) is 12.8 Å². The Balaban J connectivity index is 1.34. The minimum absolute atomic E-state index is 0.00636. The molecule has 5 rings (SSSR count). The van der Waals surface area contributed by atoms with Gasteiger partial charge in [0.25, 0.3) is 11.8 Å². The van der Waals surface area contributed by atoms with Crippen LogP contribution in [0.1, 0.15) is 65.1 Å². The van der Waals surface area contributed by atoms with Gasteiger partial charge in [-0.15, -0.1) is 0 Å². The molecule has 0 aliphatic carbocycles. The Morgan fingerprint density at radius 3 is 2.31 bits per heavy atom. The Morgan fingerprint density at radius 1 is 0.889 bits per heavy atom. The third kappa shape index (κ3) is 6.99. The zero-order valence-corrected chi connectivity index (χ0v) is 25.9. The van der Waals surface area contributed by atoms with Crippen LogP contribution in [0.4, 0.5) is 22.7 Å². The predicted octanol–water partition coefficient (Wildman–Crippen LogP) is 6.84. The first-order chi connectivity index (χ1) is 21.4. The number of nitrogens with two attached hydrogens (primary N) is 1. The van der Waals surface area contributed by atoms with Gasteiger partial charge in [0.2, 0.25) is 5.78 Å². The molecule has 2 heterocycles. The summed E-state index contributed by atoms with van der Waals surface area (Å²) in [5, 5.41) is 8.87. The Labute approximate surface area is 262 Å². The molecule has 5 N–H and O–H groups in total. The molecule has 0 fully saturated rings. The highest BCUT2D eigenvalue weighted by Crippen LogP contribution is 2.31. The second-order valence-electron chi connectivity index (χ2n) is 12.0. The van der Waals surface area contributed by atoms with Crippen molar-refractivity contribution in [2.75, 3.05) is 21.7 Å². The minimum Gasteiger partial charge on any atom is -0.398 e. The number of aromatic nitrogens is 1. The third-order valence-corrected chi connectivity index (χ3v) is 7.64. The zero-order chi connectivity index (χ0) is 32.3. The molecule has 0 spiro atoms. The molecule has 1 atom stereocenters. The predicted molar refractivity (Wildman–Crippen MR) is 181 cm³/mol. The number of aliphatic imine (C=N–C) groups is 1. The summed E-state index contributed by atoms with van der Waals surface area (Å²) in [5.41, 5.74) is 12.4. The molecule has 9 heteroatoms. The lowest BCUT2D eigenvalue weighted by Crippen LogP contribution is -2.30. The van der Waals surface area contributed by atoms with Crippen LogP contribution in [-0.2, 0) is 10.2 Å². The number of hydrogen-bond donors (Lipinski definition) is 4. The first-order valence-electron chi connectivity index (χ1n) is 14.7. The van der Waals surface area contributed by atoms with Gasteiger partial charge in [0.05, 0.1) is 23.1 Å². The number of amides is 2. The summed E-state index contributed by atoms with van der Waals surface area (Å²) in [6.07, 6.45) is 4.97. The van der Waals surface area contributed by atoms with Crippen LogP contribution in [0.3, 0.4) is 0 Å². The number of nitrogens with one attached hydrogen (secondary N) is 3. The molecule has 45 heavy (non-hydrogen) atoms. The van der Waals surface area contributed by atoms with Gasteiger partial charge in [-0.05, 0) is 78.1 Å². The molecular formula is C36H36N6O3. The molecule has 0 saturated heterocycles. The first kappa shape index (κ1) is 30.9. The fraction of sp³-hybridized carbons (Fsp3) is 0.194. The number of nitrogens with zero attached hydrogens (tertiary/aromatic N) is 2. The van der Waals surface area contributed by atoms with Crippen molar-refractivity contribution in [2.24, 2.45) is 10.9 Å². The molecule has 1 aliphatic heterocycles. The van der Waals surface area contributed by atoms with Gasteiger partial charge < -0.3 is 21.7 Å². The molecule has 0 radical (unpaired) electrons. The quantitative estimate of drug-likeness (QED) is 0.179. The number of benzene rings is 3. The van der Waals surface area contributed by atoms with E-state index in [1.54, 1.807) is 49.6 Å². The second-order valence-corrected chi connectivity index (χ2v) is 12.0. The maximum atomic E-state index is 13.1. The molecule has 0 saturated carbocycles. The summed E-state index contributed by atoms with van der Waals surface area (Å²) in [6, 6.07) is 21.5. The Morgan fingerprint density at radius 2 is 1.64 bits per heavy atom. The number of Topliss-reactive ketones (excluding diaryl/α,β-unsaturated/α-hetero) is 1. The van der Waals surface area contributed by atoms with E-state index in [1.807, 2.05) is 55.5 Å². The molecule has 4 aromatic rings. The SMILES string of the molecule is Cc1c(NC(=O)c2ccc(C(C)(C)C)cc2)cccc1C1=CC(C)C(=O)C(Nc2ccc(C(=O)Nc3cccnc3)c(N)c2)=N1. The second kappa shape index (κ2) is 12.6. The monoisotopic (exact) mass is 600 g/mol. The highest BCUT2D eigenvalue weighted by Gasteiger charge is 2.25. The summed E-state index contributed by atoms with van der Waals surface area (Å²) in [7, 11) is 0. The lowest BCUT2D eigenvalue weighted by atomic mass is 9.86. The average molecular weight is 601 g/mol. The molecular weight excluding hydrogens is 564 g/mol. The van der Waals surface area contributed by atoms with Crippen molar-refractivity contribution in [3.8, 4) is 0 Å². The van der Waals surface area contributed by atoms with Gasteiger partial charge in [-0.2, -0.15) is 0 Å². The number of pyridine rings is 1. The molecule has 228 valence electrons. The van der Waals surface area contributed by atoms with Gasteiger partial charge in [-0.1, -0.05) is 52.0 Å². The van der Waals surface area contributed by atoms with Crippen LogP contribution in [-0.4, -0.2) is 28.4 Å². The van der Waals surface area contributed by atoms with Gasteiger partial charge in [-0.3, -0.25) is 19.4 Å². The van der Waals surface area contributed by atoms with E-state index in [1.165, 1.54) is 0 Å². The van der Waals surface area contributed by atoms with E-state index in [4.69, 9.17) is 5.73 Å². The largest absolute Gasteiger partial charge is 0.398 e. The van der Waals surface area contributed by atoms with Crippen LogP contribution in [0.25, 0.3) is 5.70 Å². The number of ketones is 1. The van der Waals surface area contributed by atoms with E-state index < -0.39 is 5.92 Å². The molecule has 1 aromatic heterocycles. The van der Waals surface area contributed by atoms with Crippen molar-refractivity contribution in [3.05, 3.63) is 119 Å². The molecule has 1 aliphatic rings. The lowest BCUT2D eigenvalue weighted by molar-refractivity contribution is -0.114. The van der Waals surface area contributed by atoms with Crippen molar-refractivity contribution in [3.63, 3.8) is 0 Å². The van der Waals surface area contributed by atoms with Crippen LogP contribution in [0.5, 0.6) is 0 Å². The van der Waals surface area contributed by atoms with Crippen molar-refractivity contribution in [1.29, 1.82) is 0 Å². The maximum Gasteiger partial charge on any atom is 0.257 e. The first-order valence-corrected chi connectivity index (χ1v) is 14.7. The van der Waals surface area contributed by atoms with Crippen molar-refractivity contribution < 1.29 is 14.4 Å². The zero-order valence-electron chi connectivity index (χ0n) is 25.9. The summed E-state index contributed by atoms with van der Waals surface area (Å²) in [5.74, 6) is -1.06. The van der Waals surface area contributed by atoms with Crippen molar-refractivity contribution in [2.45, 2.75) is 40.0 Å². The molecule has 1 unspecified atom stereocenters. The highest BCUT2D eigenvalue weighted by atomic mass is 16.2. The number of nitrogen functional groups attached to an aromatic ring is 1. The summed E-state index contributed by atoms with van der Waals surface area (Å²) in [4.78, 5) is 47.6. The maximum absolute atomic E-state index is 13.1. The van der Waals surface area contributed by atoms with Crippen LogP contribution < -0.4 is 21.7 Å². The number of carbonyl (C=O) groups excluding carboxylic acids is 3. The van der Waals surface area contributed by atoms with Crippen molar-refractivity contribution in [1.82, 2.24) is 4.98 Å². The average Bonchev–Trinajstić information content (AvgIpc) is 3.00. The van der Waals surface area contributed by atoms with E-state index in [0.29, 0.717) is 28.3 Å². The Bertz CT molecular complexity index is 1840. The summed E-state index contributed by atoms with van der Waals surface area (Å²) in [6.45, 7) is 10.1. The van der Waals surface area contributed by atoms with Gasteiger partial charge in [0.1, 0.15) is 0 Å². The lowest BCUT2D eigenvalue weighted by Gasteiger charge is -2.21.